The number of aliphatic hydroxyl groups is 1. The maximum absolute atomic E-state index is 11.7. The molecule has 0 aromatic carbocycles. The molecule has 2 rings (SSSR count). The summed E-state index contributed by atoms with van der Waals surface area (Å²) >= 11 is 0. The van der Waals surface area contributed by atoms with Crippen LogP contribution in [0.3, 0.4) is 0 Å². The van der Waals surface area contributed by atoms with E-state index in [-0.39, 0.29) is 17.9 Å². The molecule has 3 unspecified atom stereocenters. The lowest BCUT2D eigenvalue weighted by Crippen LogP contribution is -2.33. The summed E-state index contributed by atoms with van der Waals surface area (Å²) in [6.45, 7) is 2.47. The highest BCUT2D eigenvalue weighted by Crippen LogP contribution is 2.57. The quantitative estimate of drug-likeness (QED) is 0.720. The van der Waals surface area contributed by atoms with Crippen LogP contribution in [0.15, 0.2) is 0 Å². The highest BCUT2D eigenvalue weighted by Gasteiger charge is 2.56. The molecule has 0 saturated heterocycles. The van der Waals surface area contributed by atoms with Gasteiger partial charge in [-0.3, -0.25) is 4.79 Å². The molecule has 2 N–H and O–H groups in total. The fraction of sp³-hybridized carbons (Fsp3) is 0.917. The number of hydrogen-bond acceptors (Lipinski definition) is 2. The Labute approximate surface area is 91.2 Å². The van der Waals surface area contributed by atoms with Crippen molar-refractivity contribution in [2.45, 2.75) is 45.1 Å². The van der Waals surface area contributed by atoms with Crippen LogP contribution in [0.25, 0.3) is 0 Å². The molecule has 2 fully saturated rings. The molecule has 0 aromatic rings. The molecule has 2 saturated carbocycles. The van der Waals surface area contributed by atoms with Crippen molar-refractivity contribution in [2.24, 2.45) is 17.8 Å². The van der Waals surface area contributed by atoms with Crippen molar-refractivity contribution in [1.29, 1.82) is 0 Å². The van der Waals surface area contributed by atoms with Crippen molar-refractivity contribution in [3.63, 3.8) is 0 Å². The molecule has 1 amide bonds. The average molecular weight is 211 g/mol. The lowest BCUT2D eigenvalue weighted by molar-refractivity contribution is -0.123. The third-order valence-electron chi connectivity index (χ3n) is 3.84. The molecule has 0 aromatic heterocycles. The first kappa shape index (κ1) is 10.9. The van der Waals surface area contributed by atoms with Gasteiger partial charge in [-0.25, -0.2) is 0 Å². The number of nitrogens with one attached hydrogen (secondary N) is 1. The minimum absolute atomic E-state index is 0.180. The summed E-state index contributed by atoms with van der Waals surface area (Å²) in [5.41, 5.74) is 0. The first-order valence-electron chi connectivity index (χ1n) is 6.19. The Morgan fingerprint density at radius 3 is 2.73 bits per heavy atom. The van der Waals surface area contributed by atoms with E-state index < -0.39 is 0 Å². The van der Waals surface area contributed by atoms with Crippen LogP contribution >= 0.6 is 0 Å². The van der Waals surface area contributed by atoms with Gasteiger partial charge in [0.1, 0.15) is 0 Å². The van der Waals surface area contributed by atoms with Gasteiger partial charge >= 0.3 is 0 Å². The first-order valence-corrected chi connectivity index (χ1v) is 6.19. The van der Waals surface area contributed by atoms with Crippen LogP contribution in [0.2, 0.25) is 0 Å². The first-order chi connectivity index (χ1) is 7.24. The van der Waals surface area contributed by atoms with Gasteiger partial charge in [-0.1, -0.05) is 19.8 Å². The van der Waals surface area contributed by atoms with E-state index in [1.165, 1.54) is 19.3 Å². The Kier molecular flexibility index (Phi) is 3.29. The molecular formula is C12H21NO2. The van der Waals surface area contributed by atoms with Gasteiger partial charge in [-0.2, -0.15) is 0 Å². The maximum atomic E-state index is 11.7. The fourth-order valence-corrected chi connectivity index (χ4v) is 2.98. The molecule has 15 heavy (non-hydrogen) atoms. The smallest absolute Gasteiger partial charge is 0.223 e. The van der Waals surface area contributed by atoms with E-state index in [1.54, 1.807) is 0 Å². The molecule has 86 valence electrons. The molecule has 0 bridgehead atoms. The van der Waals surface area contributed by atoms with Crippen molar-refractivity contribution >= 4 is 5.91 Å². The van der Waals surface area contributed by atoms with Crippen LogP contribution in [-0.4, -0.2) is 23.7 Å². The number of fused-ring (bicyclic) bond motifs is 1. The average Bonchev–Trinajstić information content (AvgIpc) is 2.69. The Morgan fingerprint density at radius 1 is 1.47 bits per heavy atom. The van der Waals surface area contributed by atoms with E-state index in [4.69, 9.17) is 0 Å². The number of hydrogen-bond donors (Lipinski definition) is 2. The monoisotopic (exact) mass is 211 g/mol. The molecule has 2 aliphatic rings. The molecular weight excluding hydrogens is 190 g/mol. The van der Waals surface area contributed by atoms with E-state index in [9.17, 15) is 9.90 Å². The summed E-state index contributed by atoms with van der Waals surface area (Å²) in [6.07, 6.45) is 5.15. The van der Waals surface area contributed by atoms with Crippen LogP contribution in [0.5, 0.6) is 0 Å². The zero-order valence-electron chi connectivity index (χ0n) is 9.41. The molecule has 3 heteroatoms. The predicted molar refractivity (Wildman–Crippen MR) is 58.2 cm³/mol. The zero-order valence-corrected chi connectivity index (χ0v) is 9.41. The number of carbonyl (C=O) groups is 1. The van der Waals surface area contributed by atoms with Crippen molar-refractivity contribution in [1.82, 2.24) is 5.32 Å². The standard InChI is InChI=1S/C12H21NO2/c1-2-4-8(14)7-13-12(15)11-9-5-3-6-10(9)11/h8-11,14H,2-7H2,1H3,(H,13,15). The summed E-state index contributed by atoms with van der Waals surface area (Å²) in [6, 6.07) is 0. The van der Waals surface area contributed by atoms with Gasteiger partial charge in [-0.05, 0) is 31.1 Å². The Balaban J connectivity index is 1.66. The van der Waals surface area contributed by atoms with Crippen LogP contribution in [-0.2, 0) is 4.79 Å². The van der Waals surface area contributed by atoms with Crippen LogP contribution in [0.4, 0.5) is 0 Å². The second-order valence-electron chi connectivity index (χ2n) is 4.97. The summed E-state index contributed by atoms with van der Waals surface area (Å²) in [7, 11) is 0. The Hall–Kier alpha value is -0.570. The largest absolute Gasteiger partial charge is 0.391 e. The molecule has 0 spiro atoms. The number of aliphatic hydroxyl groups excluding tert-OH is 1. The van der Waals surface area contributed by atoms with Crippen LogP contribution in [0.1, 0.15) is 39.0 Å². The van der Waals surface area contributed by atoms with Gasteiger partial charge in [0, 0.05) is 12.5 Å². The molecule has 2 aliphatic carbocycles. The van der Waals surface area contributed by atoms with E-state index in [0.717, 1.165) is 12.8 Å². The van der Waals surface area contributed by atoms with Crippen LogP contribution in [0, 0.1) is 17.8 Å². The maximum Gasteiger partial charge on any atom is 0.223 e. The second kappa shape index (κ2) is 4.52. The third kappa shape index (κ3) is 2.33. The predicted octanol–water partition coefficient (Wildman–Crippen LogP) is 1.31. The topological polar surface area (TPSA) is 49.3 Å². The summed E-state index contributed by atoms with van der Waals surface area (Å²) in [5, 5.41) is 12.4. The van der Waals surface area contributed by atoms with Gasteiger partial charge in [-0.15, -0.1) is 0 Å². The Morgan fingerprint density at radius 2 is 2.13 bits per heavy atom. The van der Waals surface area contributed by atoms with E-state index in [0.29, 0.717) is 18.4 Å². The number of amides is 1. The molecule has 0 radical (unpaired) electrons. The lowest BCUT2D eigenvalue weighted by Gasteiger charge is -2.11. The van der Waals surface area contributed by atoms with Gasteiger partial charge in [0.25, 0.3) is 0 Å². The fourth-order valence-electron chi connectivity index (χ4n) is 2.98. The van der Waals surface area contributed by atoms with Crippen molar-refractivity contribution in [3.8, 4) is 0 Å². The minimum atomic E-state index is -0.363. The van der Waals surface area contributed by atoms with Gasteiger partial charge in [0.2, 0.25) is 5.91 Å². The van der Waals surface area contributed by atoms with Crippen molar-refractivity contribution < 1.29 is 9.90 Å². The highest BCUT2D eigenvalue weighted by molar-refractivity contribution is 5.82. The van der Waals surface area contributed by atoms with Crippen LogP contribution < -0.4 is 5.32 Å². The normalized spacial score (nSPS) is 34.7. The summed E-state index contributed by atoms with van der Waals surface area (Å²) in [5.74, 6) is 1.81. The Bertz CT molecular complexity index is 232. The second-order valence-corrected chi connectivity index (χ2v) is 4.97. The van der Waals surface area contributed by atoms with Gasteiger partial charge in [0.15, 0.2) is 0 Å². The summed E-state index contributed by atoms with van der Waals surface area (Å²) in [4.78, 5) is 11.7. The molecule has 3 atom stereocenters. The van der Waals surface area contributed by atoms with Crippen molar-refractivity contribution in [3.05, 3.63) is 0 Å². The number of carbonyl (C=O) groups excluding carboxylic acids is 1. The SMILES string of the molecule is CCCC(O)CNC(=O)C1C2CCCC21. The minimum Gasteiger partial charge on any atom is -0.391 e. The molecule has 0 heterocycles. The van der Waals surface area contributed by atoms with E-state index >= 15 is 0 Å². The zero-order chi connectivity index (χ0) is 10.8. The van der Waals surface area contributed by atoms with Gasteiger partial charge in [0.05, 0.1) is 6.10 Å². The van der Waals surface area contributed by atoms with Crippen molar-refractivity contribution in [2.75, 3.05) is 6.54 Å². The summed E-state index contributed by atoms with van der Waals surface area (Å²) < 4.78 is 0. The van der Waals surface area contributed by atoms with Gasteiger partial charge < -0.3 is 10.4 Å². The molecule has 0 aliphatic heterocycles. The molecule has 3 nitrogen and oxygen atoms in total. The highest BCUT2D eigenvalue weighted by atomic mass is 16.3. The third-order valence-corrected chi connectivity index (χ3v) is 3.84. The number of rotatable bonds is 5. The lowest BCUT2D eigenvalue weighted by atomic mass is 10.1. The van der Waals surface area contributed by atoms with E-state index in [2.05, 4.69) is 5.32 Å². The van der Waals surface area contributed by atoms with E-state index in [1.807, 2.05) is 6.92 Å².